The van der Waals surface area contributed by atoms with Gasteiger partial charge in [-0.05, 0) is 83.8 Å². The van der Waals surface area contributed by atoms with E-state index >= 15 is 0 Å². The topological polar surface area (TPSA) is 58.6 Å². The van der Waals surface area contributed by atoms with E-state index in [4.69, 9.17) is 4.42 Å². The molecule has 0 amide bonds. The quantitative estimate of drug-likeness (QED) is 0.360. The second-order valence-electron chi connectivity index (χ2n) is 6.20. The summed E-state index contributed by atoms with van der Waals surface area (Å²) >= 11 is 2.27. The van der Waals surface area contributed by atoms with E-state index in [0.29, 0.717) is 11.6 Å². The molecule has 4 nitrogen and oxygen atoms in total. The number of rotatable bonds is 6. The van der Waals surface area contributed by atoms with Gasteiger partial charge in [-0.25, -0.2) is 4.98 Å². The van der Waals surface area contributed by atoms with E-state index in [9.17, 15) is 5.11 Å². The third-order valence-electron chi connectivity index (χ3n) is 4.14. The molecule has 0 bridgehead atoms. The summed E-state index contributed by atoms with van der Waals surface area (Å²) in [6, 6.07) is 14.1. The molecule has 3 rings (SSSR count). The van der Waals surface area contributed by atoms with E-state index < -0.39 is 0 Å². The Balaban J connectivity index is 1.79. The largest absolute Gasteiger partial charge is 0.479 e. The van der Waals surface area contributed by atoms with Crippen molar-refractivity contribution in [3.63, 3.8) is 0 Å². The molecule has 0 fully saturated rings. The van der Waals surface area contributed by atoms with Gasteiger partial charge in [-0.2, -0.15) is 0 Å². The zero-order valence-electron chi connectivity index (χ0n) is 14.9. The number of benzene rings is 2. The highest BCUT2D eigenvalue weighted by atomic mass is 127. The van der Waals surface area contributed by atoms with Gasteiger partial charge in [0.05, 0.1) is 11.9 Å². The fourth-order valence-electron chi connectivity index (χ4n) is 2.62. The van der Waals surface area contributed by atoms with Crippen molar-refractivity contribution in [2.24, 2.45) is 4.99 Å². The zero-order chi connectivity index (χ0) is 18.5. The molecule has 1 heterocycles. The Bertz CT molecular complexity index is 914. The average molecular weight is 460 g/mol. The fraction of sp³-hybridized carbons (Fsp3) is 0.238. The highest BCUT2D eigenvalue weighted by molar-refractivity contribution is 14.1. The second kappa shape index (κ2) is 8.49. The number of aliphatic imine (C=N–C) groups is 1. The highest BCUT2D eigenvalue weighted by Crippen LogP contribution is 2.27. The molecule has 0 aliphatic rings. The number of nitrogens with zero attached hydrogens (tertiary/aromatic N) is 2. The van der Waals surface area contributed by atoms with E-state index in [-0.39, 0.29) is 5.95 Å². The van der Waals surface area contributed by atoms with E-state index in [1.54, 1.807) is 0 Å². The van der Waals surface area contributed by atoms with Crippen LogP contribution in [0.15, 0.2) is 51.9 Å². The maximum absolute atomic E-state index is 10.0. The fourth-order valence-corrected chi connectivity index (χ4v) is 3.27. The van der Waals surface area contributed by atoms with E-state index in [0.717, 1.165) is 26.8 Å². The summed E-state index contributed by atoms with van der Waals surface area (Å²) in [5.74, 6) is 0.173. The van der Waals surface area contributed by atoms with Gasteiger partial charge in [0.25, 0.3) is 0 Å². The Morgan fingerprint density at radius 2 is 1.96 bits per heavy atom. The van der Waals surface area contributed by atoms with Crippen LogP contribution in [0.4, 0.5) is 5.69 Å². The van der Waals surface area contributed by atoms with Crippen molar-refractivity contribution in [1.29, 1.82) is 0 Å². The third-order valence-corrected chi connectivity index (χ3v) is 4.81. The Morgan fingerprint density at radius 3 is 2.65 bits per heavy atom. The molecule has 0 unspecified atom stereocenters. The lowest BCUT2D eigenvalue weighted by Gasteiger charge is -2.00. The van der Waals surface area contributed by atoms with Crippen LogP contribution in [0.1, 0.15) is 36.6 Å². The molecule has 0 aliphatic heterocycles. The lowest BCUT2D eigenvalue weighted by molar-refractivity contribution is 0.337. The molecule has 0 saturated carbocycles. The molecule has 0 atom stereocenters. The predicted molar refractivity (Wildman–Crippen MR) is 113 cm³/mol. The van der Waals surface area contributed by atoms with Crippen LogP contribution in [0.5, 0.6) is 5.95 Å². The Morgan fingerprint density at radius 1 is 1.19 bits per heavy atom. The molecular weight excluding hydrogens is 439 g/mol. The zero-order valence-corrected chi connectivity index (χ0v) is 17.0. The van der Waals surface area contributed by atoms with E-state index in [1.165, 1.54) is 24.6 Å². The molecule has 134 valence electrons. The summed E-state index contributed by atoms with van der Waals surface area (Å²) in [5.41, 5.74) is 4.37. The number of hydrogen-bond donors (Lipinski definition) is 1. The van der Waals surface area contributed by atoms with E-state index in [1.807, 2.05) is 31.2 Å². The number of unbranched alkanes of at least 4 members (excludes halogenated alkanes) is 1. The summed E-state index contributed by atoms with van der Waals surface area (Å²) in [4.78, 5) is 8.79. The smallest absolute Gasteiger partial charge is 0.312 e. The summed E-state index contributed by atoms with van der Waals surface area (Å²) in [5, 5.41) is 10.0. The van der Waals surface area contributed by atoms with Gasteiger partial charge in [-0.15, -0.1) is 0 Å². The lowest BCUT2D eigenvalue weighted by Crippen LogP contribution is -1.86. The molecule has 0 radical (unpaired) electrons. The number of aryl methyl sites for hydroxylation is 2. The molecule has 0 aliphatic carbocycles. The molecular formula is C21H21IN2O2. The van der Waals surface area contributed by atoms with Gasteiger partial charge in [0.15, 0.2) is 5.69 Å². The molecule has 0 saturated heterocycles. The van der Waals surface area contributed by atoms with Gasteiger partial charge < -0.3 is 9.52 Å². The van der Waals surface area contributed by atoms with Crippen LogP contribution in [0.3, 0.4) is 0 Å². The molecule has 26 heavy (non-hydrogen) atoms. The second-order valence-corrected chi connectivity index (χ2v) is 7.44. The van der Waals surface area contributed by atoms with Crippen molar-refractivity contribution >= 4 is 34.5 Å². The van der Waals surface area contributed by atoms with Gasteiger partial charge in [0, 0.05) is 9.13 Å². The first kappa shape index (κ1) is 18.6. The van der Waals surface area contributed by atoms with Crippen molar-refractivity contribution in [1.82, 2.24) is 4.98 Å². The Hall–Kier alpha value is -2.15. The molecule has 1 aromatic heterocycles. The number of aromatic nitrogens is 1. The number of aromatic hydroxyl groups is 1. The first-order valence-corrected chi connectivity index (χ1v) is 9.74. The normalized spacial score (nSPS) is 11.3. The van der Waals surface area contributed by atoms with Gasteiger partial charge in [-0.3, -0.25) is 4.99 Å². The molecule has 2 aromatic carbocycles. The van der Waals surface area contributed by atoms with Crippen LogP contribution in [-0.4, -0.2) is 16.3 Å². The van der Waals surface area contributed by atoms with Crippen LogP contribution in [0, 0.1) is 10.5 Å². The maximum atomic E-state index is 10.0. The maximum Gasteiger partial charge on any atom is 0.312 e. The lowest BCUT2D eigenvalue weighted by atomic mass is 10.1. The van der Waals surface area contributed by atoms with Crippen LogP contribution in [-0.2, 0) is 6.42 Å². The summed E-state index contributed by atoms with van der Waals surface area (Å²) in [6.45, 7) is 4.19. The predicted octanol–water partition coefficient (Wildman–Crippen LogP) is 6.05. The van der Waals surface area contributed by atoms with Crippen molar-refractivity contribution in [2.75, 3.05) is 0 Å². The van der Waals surface area contributed by atoms with Crippen molar-refractivity contribution in [3.8, 4) is 17.4 Å². The molecule has 5 heteroatoms. The Labute approximate surface area is 167 Å². The van der Waals surface area contributed by atoms with Gasteiger partial charge >= 0.3 is 5.95 Å². The Kier molecular flexibility index (Phi) is 6.08. The third kappa shape index (κ3) is 4.52. The van der Waals surface area contributed by atoms with Crippen molar-refractivity contribution in [3.05, 3.63) is 62.9 Å². The minimum absolute atomic E-state index is 0.220. The number of oxazole rings is 1. The SMILES string of the molecule is CCCCc1ccc(-c2nc(C=Nc3ccc(I)cc3C)c(O)o2)cc1. The standard InChI is InChI=1S/C21H21IN2O2/c1-3-4-5-15-6-8-16(9-7-15)20-24-19(21(25)26-20)13-23-18-11-10-17(22)12-14(18)2/h6-13,25H,3-5H2,1-2H3. The first-order valence-electron chi connectivity index (χ1n) is 8.66. The summed E-state index contributed by atoms with van der Waals surface area (Å²) in [6.07, 6.45) is 4.96. The van der Waals surface area contributed by atoms with Crippen LogP contribution >= 0.6 is 22.6 Å². The highest BCUT2D eigenvalue weighted by Gasteiger charge is 2.12. The minimum atomic E-state index is -0.220. The average Bonchev–Trinajstić information content (AvgIpc) is 3.00. The summed E-state index contributed by atoms with van der Waals surface area (Å²) in [7, 11) is 0. The van der Waals surface area contributed by atoms with Crippen LogP contribution in [0.25, 0.3) is 11.5 Å². The van der Waals surface area contributed by atoms with E-state index in [2.05, 4.69) is 57.7 Å². The van der Waals surface area contributed by atoms with Crippen molar-refractivity contribution in [2.45, 2.75) is 33.1 Å². The van der Waals surface area contributed by atoms with Crippen LogP contribution < -0.4 is 0 Å². The van der Waals surface area contributed by atoms with Crippen molar-refractivity contribution < 1.29 is 9.52 Å². The van der Waals surface area contributed by atoms with Gasteiger partial charge in [0.2, 0.25) is 5.89 Å². The molecule has 1 N–H and O–H groups in total. The van der Waals surface area contributed by atoms with Crippen LogP contribution in [0.2, 0.25) is 0 Å². The van der Waals surface area contributed by atoms with Gasteiger partial charge in [-0.1, -0.05) is 25.5 Å². The monoisotopic (exact) mass is 460 g/mol. The van der Waals surface area contributed by atoms with Gasteiger partial charge in [0.1, 0.15) is 0 Å². The molecule has 0 spiro atoms. The first-order chi connectivity index (χ1) is 12.6. The number of hydrogen-bond acceptors (Lipinski definition) is 4. The minimum Gasteiger partial charge on any atom is -0.479 e. The molecule has 3 aromatic rings. The summed E-state index contributed by atoms with van der Waals surface area (Å²) < 4.78 is 6.57. The number of halogens is 1.